The summed E-state index contributed by atoms with van der Waals surface area (Å²) in [5.74, 6) is -0.229. The molecular weight excluding hydrogens is 252 g/mol. The first-order valence-electron chi connectivity index (χ1n) is 5.13. The molecule has 0 radical (unpaired) electrons. The van der Waals surface area contributed by atoms with Crippen molar-refractivity contribution >= 4 is 23.3 Å². The minimum atomic E-state index is -0.295. The van der Waals surface area contributed by atoms with E-state index in [0.29, 0.717) is 5.02 Å². The van der Waals surface area contributed by atoms with Gasteiger partial charge in [-0.2, -0.15) is 15.0 Å². The number of benzene rings is 1. The molecule has 6 heteroatoms. The van der Waals surface area contributed by atoms with Crippen molar-refractivity contribution in [3.8, 4) is 6.07 Å². The van der Waals surface area contributed by atoms with Crippen LogP contribution >= 0.6 is 11.6 Å². The molecule has 90 valence electrons. The molecule has 5 nitrogen and oxygen atoms in total. The first-order valence-corrected chi connectivity index (χ1v) is 5.51. The highest BCUT2D eigenvalue weighted by atomic mass is 35.5. The summed E-state index contributed by atoms with van der Waals surface area (Å²) in [4.78, 5) is 11.9. The number of rotatable bonds is 2. The van der Waals surface area contributed by atoms with Crippen molar-refractivity contribution in [2.24, 2.45) is 0 Å². The number of aromatic nitrogens is 2. The van der Waals surface area contributed by atoms with Crippen molar-refractivity contribution in [1.29, 1.82) is 5.26 Å². The van der Waals surface area contributed by atoms with Crippen molar-refractivity contribution in [1.82, 2.24) is 9.78 Å². The third kappa shape index (κ3) is 2.34. The second kappa shape index (κ2) is 4.90. The van der Waals surface area contributed by atoms with Gasteiger partial charge in [-0.25, -0.2) is 0 Å². The number of carbonyl (C=O) groups is 1. The summed E-state index contributed by atoms with van der Waals surface area (Å²) < 4.78 is 1.03. The Bertz CT molecular complexity index is 625. The summed E-state index contributed by atoms with van der Waals surface area (Å²) in [6.07, 6.45) is 1.42. The average molecular weight is 261 g/mol. The van der Waals surface area contributed by atoms with E-state index in [4.69, 9.17) is 22.6 Å². The number of nitrogens with zero attached hydrogens (tertiary/aromatic N) is 3. The number of carbonyl (C=O) groups excluding carboxylic acids is 1. The van der Waals surface area contributed by atoms with Gasteiger partial charge in [0.05, 0.1) is 12.6 Å². The molecule has 1 heterocycles. The third-order valence-electron chi connectivity index (χ3n) is 2.43. The van der Waals surface area contributed by atoms with E-state index in [2.05, 4.69) is 5.10 Å². The zero-order valence-corrected chi connectivity index (χ0v) is 10.1. The summed E-state index contributed by atoms with van der Waals surface area (Å²) >= 11 is 5.75. The summed E-state index contributed by atoms with van der Waals surface area (Å²) in [5.41, 5.74) is 6.63. The van der Waals surface area contributed by atoms with Crippen molar-refractivity contribution in [3.63, 3.8) is 0 Å². The van der Waals surface area contributed by atoms with Gasteiger partial charge in [0.2, 0.25) is 0 Å². The topological polar surface area (TPSA) is 84.7 Å². The van der Waals surface area contributed by atoms with Crippen molar-refractivity contribution < 1.29 is 4.79 Å². The Balaban J connectivity index is 2.20. The van der Waals surface area contributed by atoms with Gasteiger partial charge in [-0.3, -0.25) is 4.79 Å². The van der Waals surface area contributed by atoms with Crippen LogP contribution in [0.1, 0.15) is 15.9 Å². The Morgan fingerprint density at radius 3 is 2.67 bits per heavy atom. The predicted molar refractivity (Wildman–Crippen MR) is 67.1 cm³/mol. The van der Waals surface area contributed by atoms with Crippen molar-refractivity contribution in [2.45, 2.75) is 6.42 Å². The molecule has 0 amide bonds. The van der Waals surface area contributed by atoms with Gasteiger partial charge >= 0.3 is 0 Å². The fraction of sp³-hybridized carbons (Fsp3) is 0.0833. The van der Waals surface area contributed by atoms with E-state index >= 15 is 0 Å². The number of nitrogen functional groups attached to an aromatic ring is 1. The number of halogens is 1. The molecule has 0 aliphatic heterocycles. The lowest BCUT2D eigenvalue weighted by molar-refractivity contribution is 0.0901. The quantitative estimate of drug-likeness (QED) is 0.893. The molecule has 0 fully saturated rings. The highest BCUT2D eigenvalue weighted by Gasteiger charge is 2.13. The standard InChI is InChI=1S/C12H9ClN4O/c13-10-3-1-8(2-4-10)5-11(18)17-12(15)9(6-14)7-16-17/h1-4,7H,5,15H2. The van der Waals surface area contributed by atoms with Crippen LogP contribution < -0.4 is 5.73 Å². The monoisotopic (exact) mass is 260 g/mol. The minimum Gasteiger partial charge on any atom is -0.382 e. The zero-order valence-electron chi connectivity index (χ0n) is 9.30. The fourth-order valence-corrected chi connectivity index (χ4v) is 1.62. The van der Waals surface area contributed by atoms with Gasteiger partial charge in [0, 0.05) is 5.02 Å². The molecule has 1 aromatic heterocycles. The summed E-state index contributed by atoms with van der Waals surface area (Å²) in [5, 5.41) is 13.1. The average Bonchev–Trinajstić information content (AvgIpc) is 2.73. The smallest absolute Gasteiger partial charge is 0.253 e. The lowest BCUT2D eigenvalue weighted by Crippen LogP contribution is -2.17. The van der Waals surface area contributed by atoms with Crippen LogP contribution in [0.4, 0.5) is 5.82 Å². The molecule has 0 spiro atoms. The molecule has 2 aromatic rings. The van der Waals surface area contributed by atoms with E-state index < -0.39 is 0 Å². The third-order valence-corrected chi connectivity index (χ3v) is 2.68. The van der Waals surface area contributed by atoms with E-state index in [1.807, 2.05) is 6.07 Å². The molecule has 18 heavy (non-hydrogen) atoms. The molecule has 0 atom stereocenters. The SMILES string of the molecule is N#Cc1cnn(C(=O)Cc2ccc(Cl)cc2)c1N. The van der Waals surface area contributed by atoms with E-state index in [0.717, 1.165) is 10.2 Å². The molecule has 2 rings (SSSR count). The Kier molecular flexibility index (Phi) is 3.31. The lowest BCUT2D eigenvalue weighted by Gasteiger charge is -2.03. The Morgan fingerprint density at radius 2 is 2.11 bits per heavy atom. The van der Waals surface area contributed by atoms with E-state index in [1.165, 1.54) is 6.20 Å². The first kappa shape index (κ1) is 12.1. The second-order valence-corrected chi connectivity index (χ2v) is 4.10. The molecule has 0 unspecified atom stereocenters. The fourth-order valence-electron chi connectivity index (χ4n) is 1.49. The Labute approximate surface area is 108 Å². The first-order chi connectivity index (χ1) is 8.61. The predicted octanol–water partition coefficient (Wildman–Crippen LogP) is 1.87. The maximum atomic E-state index is 11.9. The van der Waals surface area contributed by atoms with Gasteiger partial charge in [-0.1, -0.05) is 23.7 Å². The van der Waals surface area contributed by atoms with Gasteiger partial charge in [0.25, 0.3) is 5.91 Å². The number of anilines is 1. The molecule has 0 aliphatic carbocycles. The van der Waals surface area contributed by atoms with Crippen LogP contribution in [0.2, 0.25) is 5.02 Å². The van der Waals surface area contributed by atoms with Crippen LogP contribution in [0.25, 0.3) is 0 Å². The molecule has 0 saturated carbocycles. The van der Waals surface area contributed by atoms with Crippen LogP contribution in [0, 0.1) is 11.3 Å². The molecular formula is C12H9ClN4O. The molecule has 0 aliphatic rings. The molecule has 0 bridgehead atoms. The second-order valence-electron chi connectivity index (χ2n) is 3.66. The Morgan fingerprint density at radius 1 is 1.44 bits per heavy atom. The lowest BCUT2D eigenvalue weighted by atomic mass is 10.1. The van der Waals surface area contributed by atoms with Gasteiger partial charge in [0.1, 0.15) is 17.5 Å². The number of nitriles is 1. The van der Waals surface area contributed by atoms with Gasteiger partial charge in [-0.05, 0) is 17.7 Å². The maximum absolute atomic E-state index is 11.9. The summed E-state index contributed by atoms with van der Waals surface area (Å²) in [6, 6.07) is 8.79. The highest BCUT2D eigenvalue weighted by molar-refractivity contribution is 6.30. The van der Waals surface area contributed by atoms with Crippen LogP contribution in [0.15, 0.2) is 30.5 Å². The van der Waals surface area contributed by atoms with Gasteiger partial charge in [0.15, 0.2) is 0 Å². The van der Waals surface area contributed by atoms with Crippen LogP contribution in [0.3, 0.4) is 0 Å². The molecule has 0 saturated heterocycles. The summed E-state index contributed by atoms with van der Waals surface area (Å²) in [6.45, 7) is 0. The minimum absolute atomic E-state index is 0.0662. The van der Waals surface area contributed by atoms with E-state index in [9.17, 15) is 4.79 Å². The largest absolute Gasteiger partial charge is 0.382 e. The van der Waals surface area contributed by atoms with Crippen LogP contribution in [0.5, 0.6) is 0 Å². The normalized spacial score (nSPS) is 10.0. The number of nitrogens with two attached hydrogens (primary N) is 1. The zero-order chi connectivity index (χ0) is 13.1. The summed E-state index contributed by atoms with van der Waals surface area (Å²) in [7, 11) is 0. The van der Waals surface area contributed by atoms with Crippen molar-refractivity contribution in [2.75, 3.05) is 5.73 Å². The Hall–Kier alpha value is -2.32. The number of hydrogen-bond acceptors (Lipinski definition) is 4. The van der Waals surface area contributed by atoms with E-state index in [-0.39, 0.29) is 23.7 Å². The highest BCUT2D eigenvalue weighted by Crippen LogP contribution is 2.13. The number of hydrogen-bond donors (Lipinski definition) is 1. The van der Waals surface area contributed by atoms with Crippen LogP contribution in [-0.4, -0.2) is 15.7 Å². The van der Waals surface area contributed by atoms with Crippen molar-refractivity contribution in [3.05, 3.63) is 46.6 Å². The van der Waals surface area contributed by atoms with Gasteiger partial charge < -0.3 is 5.73 Å². The molecule has 1 aromatic carbocycles. The van der Waals surface area contributed by atoms with E-state index in [1.54, 1.807) is 24.3 Å². The van der Waals surface area contributed by atoms with Gasteiger partial charge in [-0.15, -0.1) is 0 Å². The molecule has 2 N–H and O–H groups in total. The van der Waals surface area contributed by atoms with Crippen LogP contribution in [-0.2, 0) is 6.42 Å². The maximum Gasteiger partial charge on any atom is 0.253 e.